The van der Waals surface area contributed by atoms with Gasteiger partial charge in [0.05, 0.1) is 18.6 Å². The van der Waals surface area contributed by atoms with E-state index >= 15 is 0 Å². The molecule has 0 unspecified atom stereocenters. The number of rotatable bonds is 10. The first kappa shape index (κ1) is 21.8. The van der Waals surface area contributed by atoms with Gasteiger partial charge in [-0.3, -0.25) is 9.10 Å². The molecule has 0 radical (unpaired) electrons. The Morgan fingerprint density at radius 3 is 2.29 bits per heavy atom. The number of ether oxygens (including phenoxy) is 1. The smallest absolute Gasteiger partial charge is 0.240 e. The largest absolute Gasteiger partial charge is 0.494 e. The number of carbonyl (C=O) groups is 1. The maximum absolute atomic E-state index is 12.2. The van der Waals surface area contributed by atoms with Crippen molar-refractivity contribution in [2.75, 3.05) is 30.3 Å². The molecular weight excluding hydrogens is 376 g/mol. The summed E-state index contributed by atoms with van der Waals surface area (Å²) >= 11 is 0. The highest BCUT2D eigenvalue weighted by Gasteiger charge is 2.20. The van der Waals surface area contributed by atoms with Crippen LogP contribution >= 0.6 is 0 Å². The van der Waals surface area contributed by atoms with Crippen molar-refractivity contribution in [1.82, 2.24) is 5.32 Å². The number of nitrogens with one attached hydrogen (secondary N) is 1. The summed E-state index contributed by atoms with van der Waals surface area (Å²) < 4.78 is 30.7. The molecule has 0 aromatic heterocycles. The summed E-state index contributed by atoms with van der Waals surface area (Å²) in [5.41, 5.74) is 2.67. The second kappa shape index (κ2) is 10.1. The van der Waals surface area contributed by atoms with Gasteiger partial charge >= 0.3 is 0 Å². The monoisotopic (exact) mass is 404 g/mol. The summed E-state index contributed by atoms with van der Waals surface area (Å²) in [4.78, 5) is 12.2. The third kappa shape index (κ3) is 6.88. The van der Waals surface area contributed by atoms with Crippen molar-refractivity contribution in [3.8, 4) is 5.75 Å². The van der Waals surface area contributed by atoms with Gasteiger partial charge in [-0.15, -0.1) is 0 Å². The van der Waals surface area contributed by atoms with Crippen LogP contribution in [0.25, 0.3) is 0 Å². The molecule has 2 aromatic carbocycles. The molecule has 0 spiro atoms. The maximum Gasteiger partial charge on any atom is 0.240 e. The summed E-state index contributed by atoms with van der Waals surface area (Å²) in [5.74, 6) is 0.522. The van der Waals surface area contributed by atoms with Gasteiger partial charge in [-0.1, -0.05) is 29.8 Å². The Kier molecular flexibility index (Phi) is 7.87. The lowest BCUT2D eigenvalue weighted by Gasteiger charge is -2.22. The molecule has 28 heavy (non-hydrogen) atoms. The summed E-state index contributed by atoms with van der Waals surface area (Å²) in [6.45, 7) is 4.76. The molecule has 152 valence electrons. The number of hydrogen-bond acceptors (Lipinski definition) is 4. The van der Waals surface area contributed by atoms with Gasteiger partial charge in [0.25, 0.3) is 0 Å². The van der Waals surface area contributed by atoms with E-state index in [9.17, 15) is 13.2 Å². The molecule has 0 bridgehead atoms. The number of sulfonamides is 1. The van der Waals surface area contributed by atoms with Crippen LogP contribution in [0.5, 0.6) is 5.75 Å². The van der Waals surface area contributed by atoms with Crippen LogP contribution in [0, 0.1) is 6.92 Å². The highest BCUT2D eigenvalue weighted by molar-refractivity contribution is 7.92. The fourth-order valence-corrected chi connectivity index (χ4v) is 3.59. The van der Waals surface area contributed by atoms with Gasteiger partial charge in [-0.05, 0) is 56.5 Å². The third-order valence-electron chi connectivity index (χ3n) is 4.21. The molecule has 0 aliphatic heterocycles. The summed E-state index contributed by atoms with van der Waals surface area (Å²) in [7, 11) is -3.55. The minimum Gasteiger partial charge on any atom is -0.494 e. The third-order valence-corrected chi connectivity index (χ3v) is 5.35. The van der Waals surface area contributed by atoms with E-state index in [0.717, 1.165) is 40.3 Å². The lowest BCUT2D eigenvalue weighted by molar-refractivity contribution is -0.119. The molecule has 0 fully saturated rings. The topological polar surface area (TPSA) is 75.7 Å². The minimum absolute atomic E-state index is 0.231. The van der Waals surface area contributed by atoms with E-state index in [1.807, 2.05) is 50.2 Å². The van der Waals surface area contributed by atoms with Gasteiger partial charge in [0.15, 0.2) is 0 Å². The van der Waals surface area contributed by atoms with E-state index in [-0.39, 0.29) is 12.5 Å². The van der Waals surface area contributed by atoms with Gasteiger partial charge in [0.1, 0.15) is 12.3 Å². The van der Waals surface area contributed by atoms with Crippen molar-refractivity contribution in [1.29, 1.82) is 0 Å². The molecule has 2 aromatic rings. The predicted molar refractivity (Wildman–Crippen MR) is 112 cm³/mol. The lowest BCUT2D eigenvalue weighted by atomic mass is 10.1. The van der Waals surface area contributed by atoms with Crippen molar-refractivity contribution in [3.63, 3.8) is 0 Å². The van der Waals surface area contributed by atoms with E-state index in [2.05, 4.69) is 5.32 Å². The van der Waals surface area contributed by atoms with Crippen LogP contribution in [-0.4, -0.2) is 40.3 Å². The van der Waals surface area contributed by atoms with Crippen LogP contribution in [0.1, 0.15) is 24.5 Å². The first-order valence-corrected chi connectivity index (χ1v) is 11.2. The first-order chi connectivity index (χ1) is 13.3. The van der Waals surface area contributed by atoms with Crippen molar-refractivity contribution in [3.05, 3.63) is 59.7 Å². The quantitative estimate of drug-likeness (QED) is 0.618. The van der Waals surface area contributed by atoms with E-state index in [1.54, 1.807) is 12.1 Å². The average Bonchev–Trinajstić information content (AvgIpc) is 2.65. The molecule has 6 nitrogen and oxygen atoms in total. The lowest BCUT2D eigenvalue weighted by Crippen LogP contribution is -2.40. The Morgan fingerprint density at radius 1 is 1.07 bits per heavy atom. The van der Waals surface area contributed by atoms with Crippen molar-refractivity contribution in [2.24, 2.45) is 0 Å². The van der Waals surface area contributed by atoms with Crippen LogP contribution in [0.2, 0.25) is 0 Å². The van der Waals surface area contributed by atoms with Gasteiger partial charge < -0.3 is 10.1 Å². The van der Waals surface area contributed by atoms with Crippen LogP contribution in [-0.2, 0) is 21.2 Å². The number of benzene rings is 2. The van der Waals surface area contributed by atoms with Gasteiger partial charge in [0.2, 0.25) is 15.9 Å². The summed E-state index contributed by atoms with van der Waals surface area (Å²) in [6.07, 6.45) is 2.69. The zero-order valence-electron chi connectivity index (χ0n) is 16.6. The number of hydrogen-bond donors (Lipinski definition) is 1. The van der Waals surface area contributed by atoms with E-state index in [0.29, 0.717) is 18.8 Å². The Morgan fingerprint density at radius 2 is 1.71 bits per heavy atom. The fourth-order valence-electron chi connectivity index (χ4n) is 2.74. The number of carbonyl (C=O) groups excluding carboxylic acids is 1. The molecule has 0 aliphatic carbocycles. The first-order valence-electron chi connectivity index (χ1n) is 9.32. The Balaban J connectivity index is 1.83. The molecular formula is C21H28N2O4S. The van der Waals surface area contributed by atoms with Crippen molar-refractivity contribution >= 4 is 21.6 Å². The molecule has 0 heterocycles. The number of anilines is 1. The van der Waals surface area contributed by atoms with Gasteiger partial charge in [0, 0.05) is 6.54 Å². The molecule has 2 rings (SSSR count). The standard InChI is InChI=1S/C21H28N2O4S/c1-4-27-20-13-9-18(10-14-20)6-5-15-22-21(24)16-23(28(3,25)26)19-11-7-17(2)8-12-19/h7-14H,4-6,15-16H2,1-3H3,(H,22,24). The number of aryl methyl sites for hydroxylation is 2. The predicted octanol–water partition coefficient (Wildman–Crippen LogP) is 2.91. The SMILES string of the molecule is CCOc1ccc(CCCNC(=O)CN(c2ccc(C)cc2)S(C)(=O)=O)cc1. The van der Waals surface area contributed by atoms with Crippen LogP contribution in [0.4, 0.5) is 5.69 Å². The fraction of sp³-hybridized carbons (Fsp3) is 0.381. The minimum atomic E-state index is -3.55. The molecule has 1 N–H and O–H groups in total. The second-order valence-corrected chi connectivity index (χ2v) is 8.54. The van der Waals surface area contributed by atoms with E-state index < -0.39 is 10.0 Å². The van der Waals surface area contributed by atoms with Crippen molar-refractivity contribution < 1.29 is 17.9 Å². The average molecular weight is 405 g/mol. The summed E-state index contributed by atoms with van der Waals surface area (Å²) in [5, 5.41) is 2.80. The normalized spacial score (nSPS) is 11.1. The summed E-state index contributed by atoms with van der Waals surface area (Å²) in [6, 6.07) is 14.9. The van der Waals surface area contributed by atoms with E-state index in [1.165, 1.54) is 0 Å². The van der Waals surface area contributed by atoms with Crippen LogP contribution in [0.15, 0.2) is 48.5 Å². The highest BCUT2D eigenvalue weighted by atomic mass is 32.2. The zero-order chi connectivity index (χ0) is 20.6. The molecule has 0 aliphatic rings. The molecule has 0 saturated carbocycles. The molecule has 7 heteroatoms. The van der Waals surface area contributed by atoms with Gasteiger partial charge in [-0.2, -0.15) is 0 Å². The Bertz CT molecular complexity index is 862. The molecule has 1 amide bonds. The Hall–Kier alpha value is -2.54. The molecule has 0 saturated heterocycles. The van der Waals surface area contributed by atoms with Crippen LogP contribution in [0.3, 0.4) is 0 Å². The van der Waals surface area contributed by atoms with Crippen LogP contribution < -0.4 is 14.4 Å². The highest BCUT2D eigenvalue weighted by Crippen LogP contribution is 2.18. The Labute approximate surface area is 167 Å². The number of amides is 1. The van der Waals surface area contributed by atoms with Gasteiger partial charge in [-0.25, -0.2) is 8.42 Å². The zero-order valence-corrected chi connectivity index (χ0v) is 17.5. The van der Waals surface area contributed by atoms with Crippen molar-refractivity contribution in [2.45, 2.75) is 26.7 Å². The molecule has 0 atom stereocenters. The van der Waals surface area contributed by atoms with E-state index in [4.69, 9.17) is 4.74 Å². The number of nitrogens with zero attached hydrogens (tertiary/aromatic N) is 1. The second-order valence-electron chi connectivity index (χ2n) is 6.64. The maximum atomic E-state index is 12.2.